The van der Waals surface area contributed by atoms with Crippen LogP contribution in [0.1, 0.15) is 23.7 Å². The number of halogens is 3. The number of aromatic amines is 2. The Labute approximate surface area is 182 Å². The van der Waals surface area contributed by atoms with Gasteiger partial charge >= 0.3 is 6.18 Å². The molecule has 2 aromatic rings. The minimum atomic E-state index is -4.65. The predicted molar refractivity (Wildman–Crippen MR) is 114 cm³/mol. The maximum atomic E-state index is 13.1. The Balaban J connectivity index is 1.30. The van der Waals surface area contributed by atoms with Crippen LogP contribution >= 0.6 is 0 Å². The van der Waals surface area contributed by atoms with Gasteiger partial charge in [0, 0.05) is 62.9 Å². The first-order chi connectivity index (χ1) is 15.3. The molecule has 7 nitrogen and oxygen atoms in total. The Morgan fingerprint density at radius 2 is 2.03 bits per heavy atom. The molecule has 0 saturated carbocycles. The second-order valence-corrected chi connectivity index (χ2v) is 8.34. The number of hydrogen-bond acceptors (Lipinski definition) is 5. The zero-order valence-corrected chi connectivity index (χ0v) is 17.5. The maximum Gasteiger partial charge on any atom is 0.433 e. The summed E-state index contributed by atoms with van der Waals surface area (Å²) in [5.41, 5.74) is 1.04. The lowest BCUT2D eigenvalue weighted by atomic mass is 10.0. The highest BCUT2D eigenvalue weighted by molar-refractivity contribution is 5.81. The average molecular weight is 444 g/mol. The van der Waals surface area contributed by atoms with Crippen molar-refractivity contribution in [2.24, 2.45) is 0 Å². The Morgan fingerprint density at radius 1 is 1.19 bits per heavy atom. The molecule has 0 amide bonds. The normalized spacial score (nSPS) is 21.5. The van der Waals surface area contributed by atoms with E-state index in [-0.39, 0.29) is 11.4 Å². The molecule has 1 atom stereocenters. The van der Waals surface area contributed by atoms with Crippen molar-refractivity contribution in [1.29, 1.82) is 0 Å². The zero-order valence-electron chi connectivity index (χ0n) is 17.5. The molecule has 168 valence electrons. The van der Waals surface area contributed by atoms with Crippen molar-refractivity contribution in [2.45, 2.75) is 18.5 Å². The van der Waals surface area contributed by atoms with Crippen molar-refractivity contribution in [3.63, 3.8) is 0 Å². The van der Waals surface area contributed by atoms with Gasteiger partial charge in [0.15, 0.2) is 5.69 Å². The second-order valence-electron chi connectivity index (χ2n) is 8.34. The summed E-state index contributed by atoms with van der Waals surface area (Å²) in [6.07, 6.45) is 8.80. The Morgan fingerprint density at radius 3 is 2.75 bits per heavy atom. The topological polar surface area (TPSA) is 71.3 Å². The van der Waals surface area contributed by atoms with Gasteiger partial charge in [0.25, 0.3) is 5.56 Å². The third-order valence-electron chi connectivity index (χ3n) is 6.14. The van der Waals surface area contributed by atoms with Gasteiger partial charge in [-0.1, -0.05) is 6.08 Å². The maximum absolute atomic E-state index is 13.1. The minimum absolute atomic E-state index is 0.0168. The van der Waals surface area contributed by atoms with E-state index in [9.17, 15) is 18.0 Å². The molecule has 2 aromatic heterocycles. The smallest absolute Gasteiger partial charge is 0.375 e. The van der Waals surface area contributed by atoms with Crippen LogP contribution in [0, 0.1) is 0 Å². The van der Waals surface area contributed by atoms with E-state index in [0.717, 1.165) is 37.4 Å². The summed E-state index contributed by atoms with van der Waals surface area (Å²) >= 11 is 0. The van der Waals surface area contributed by atoms with Crippen molar-refractivity contribution >= 4 is 10.9 Å². The third-order valence-corrected chi connectivity index (χ3v) is 6.14. The fraction of sp³-hybridized carbons (Fsp3) is 0.364. The van der Waals surface area contributed by atoms with Crippen LogP contribution in [0.2, 0.25) is 0 Å². The lowest BCUT2D eigenvalue weighted by Gasteiger charge is -2.30. The standard InChI is InChI=1S/C22H23F3N6O/c1-29-7-2-3-16(13-29)30-9-5-15(6-10-30)31-8-4-14(12-31)17-11-18-19(21(32)26-17)20(28-27-18)22(23,24)25/h2-3,5-6,9,11,13-14H,4,7-8,10,12H2,1H3,(H,26,32)(H,27,28). The zero-order chi connectivity index (χ0) is 22.5. The van der Waals surface area contributed by atoms with E-state index in [1.807, 2.05) is 12.1 Å². The second kappa shape index (κ2) is 7.61. The van der Waals surface area contributed by atoms with Crippen LogP contribution < -0.4 is 5.56 Å². The van der Waals surface area contributed by atoms with E-state index in [0.29, 0.717) is 12.2 Å². The number of likely N-dealkylation sites (tertiary alicyclic amines) is 1. The molecule has 32 heavy (non-hydrogen) atoms. The molecule has 3 aliphatic rings. The van der Waals surface area contributed by atoms with Crippen molar-refractivity contribution in [3.8, 4) is 0 Å². The number of alkyl halides is 3. The largest absolute Gasteiger partial charge is 0.433 e. The van der Waals surface area contributed by atoms with Crippen LogP contribution in [-0.4, -0.2) is 63.1 Å². The lowest BCUT2D eigenvalue weighted by molar-refractivity contribution is -0.140. The number of aromatic nitrogens is 3. The van der Waals surface area contributed by atoms with E-state index in [4.69, 9.17) is 0 Å². The molecule has 0 radical (unpaired) electrons. The minimum Gasteiger partial charge on any atom is -0.375 e. The van der Waals surface area contributed by atoms with Crippen LogP contribution in [0.25, 0.3) is 10.9 Å². The van der Waals surface area contributed by atoms with Crippen LogP contribution in [0.4, 0.5) is 13.2 Å². The van der Waals surface area contributed by atoms with Gasteiger partial charge in [0.05, 0.1) is 16.6 Å². The first kappa shape index (κ1) is 20.5. The summed E-state index contributed by atoms with van der Waals surface area (Å²) < 4.78 is 39.3. The van der Waals surface area contributed by atoms with Crippen LogP contribution in [-0.2, 0) is 6.18 Å². The highest BCUT2D eigenvalue weighted by atomic mass is 19.4. The van der Waals surface area contributed by atoms with Crippen molar-refractivity contribution in [2.75, 3.05) is 33.2 Å². The van der Waals surface area contributed by atoms with E-state index in [1.165, 1.54) is 0 Å². The monoisotopic (exact) mass is 444 g/mol. The summed E-state index contributed by atoms with van der Waals surface area (Å²) in [7, 11) is 2.04. The van der Waals surface area contributed by atoms with E-state index in [1.54, 1.807) is 6.07 Å². The van der Waals surface area contributed by atoms with Gasteiger partial charge in [0.1, 0.15) is 0 Å². The number of pyridine rings is 1. The van der Waals surface area contributed by atoms with Gasteiger partial charge < -0.3 is 19.7 Å². The van der Waals surface area contributed by atoms with Crippen molar-refractivity contribution < 1.29 is 13.2 Å². The van der Waals surface area contributed by atoms with Crippen molar-refractivity contribution in [3.05, 3.63) is 75.9 Å². The fourth-order valence-electron chi connectivity index (χ4n) is 4.49. The number of nitrogens with one attached hydrogen (secondary N) is 2. The van der Waals surface area contributed by atoms with E-state index < -0.39 is 22.8 Å². The number of rotatable bonds is 3. The summed E-state index contributed by atoms with van der Waals surface area (Å²) in [6, 6.07) is 1.56. The highest BCUT2D eigenvalue weighted by Crippen LogP contribution is 2.34. The van der Waals surface area contributed by atoms with Gasteiger partial charge in [-0.15, -0.1) is 0 Å². The molecule has 5 heterocycles. The molecule has 0 aliphatic carbocycles. The number of H-pyrrole nitrogens is 2. The van der Waals surface area contributed by atoms with Crippen molar-refractivity contribution in [1.82, 2.24) is 29.9 Å². The predicted octanol–water partition coefficient (Wildman–Crippen LogP) is 3.12. The number of nitrogens with zero attached hydrogens (tertiary/aromatic N) is 4. The highest BCUT2D eigenvalue weighted by Gasteiger charge is 2.37. The molecule has 10 heteroatoms. The van der Waals surface area contributed by atoms with Gasteiger partial charge in [-0.2, -0.15) is 18.3 Å². The van der Waals surface area contributed by atoms with E-state index >= 15 is 0 Å². The molecule has 3 aliphatic heterocycles. The SMILES string of the molecule is CN1C=C(N2C=CC(N3CCC(c4cc5n[nH]c(C(F)(F)F)c5c(=O)[nH]4)C3)=CC2)C=CC1. The summed E-state index contributed by atoms with van der Waals surface area (Å²) in [6.45, 7) is 3.15. The average Bonchev–Trinajstić information content (AvgIpc) is 3.41. The van der Waals surface area contributed by atoms with Gasteiger partial charge in [0.2, 0.25) is 0 Å². The lowest BCUT2D eigenvalue weighted by Crippen LogP contribution is -2.27. The number of allylic oxidation sites excluding steroid dienone is 2. The quantitative estimate of drug-likeness (QED) is 0.761. The molecule has 0 aromatic carbocycles. The molecule has 5 rings (SSSR count). The molecule has 1 unspecified atom stereocenters. The number of likely N-dealkylation sites (N-methyl/N-ethyl adjacent to an activating group) is 1. The molecule has 1 fully saturated rings. The first-order valence-electron chi connectivity index (χ1n) is 10.5. The Hall–Kier alpha value is -3.43. The molecule has 0 bridgehead atoms. The third kappa shape index (κ3) is 3.69. The van der Waals surface area contributed by atoms with E-state index in [2.05, 4.69) is 61.5 Å². The molecular formula is C22H23F3N6O. The number of fused-ring (bicyclic) bond motifs is 1. The molecule has 0 spiro atoms. The molecule has 2 N–H and O–H groups in total. The van der Waals surface area contributed by atoms with Gasteiger partial charge in [-0.25, -0.2) is 0 Å². The van der Waals surface area contributed by atoms with Crippen LogP contribution in [0.15, 0.2) is 59.0 Å². The fourth-order valence-corrected chi connectivity index (χ4v) is 4.49. The van der Waals surface area contributed by atoms with Crippen LogP contribution in [0.3, 0.4) is 0 Å². The summed E-state index contributed by atoms with van der Waals surface area (Å²) in [4.78, 5) is 21.6. The Kier molecular flexibility index (Phi) is 4.87. The molecule has 1 saturated heterocycles. The number of hydrogen-bond donors (Lipinski definition) is 2. The van der Waals surface area contributed by atoms with Gasteiger partial charge in [-0.05, 0) is 30.7 Å². The van der Waals surface area contributed by atoms with Gasteiger partial charge in [-0.3, -0.25) is 9.89 Å². The summed E-state index contributed by atoms with van der Waals surface area (Å²) in [5.74, 6) is 0.0168. The first-order valence-corrected chi connectivity index (χ1v) is 10.5. The van der Waals surface area contributed by atoms with Crippen LogP contribution in [0.5, 0.6) is 0 Å². The molecular weight excluding hydrogens is 421 g/mol. The summed E-state index contributed by atoms with van der Waals surface area (Å²) in [5, 5.41) is 5.25. The Bertz CT molecular complexity index is 1220.